The van der Waals surface area contributed by atoms with E-state index >= 15 is 0 Å². The molecule has 0 radical (unpaired) electrons. The summed E-state index contributed by atoms with van der Waals surface area (Å²) in [5, 5.41) is 3.54. The molecule has 0 aromatic heterocycles. The molecule has 0 fully saturated rings. The monoisotopic (exact) mass is 215 g/mol. The lowest BCUT2D eigenvalue weighted by Gasteiger charge is -2.46. The van der Waals surface area contributed by atoms with Crippen LogP contribution in [-0.4, -0.2) is 13.7 Å². The van der Waals surface area contributed by atoms with Crippen molar-refractivity contribution in [3.63, 3.8) is 0 Å². The van der Waals surface area contributed by atoms with Crippen LogP contribution in [0.5, 0.6) is 5.75 Å². The number of hydrogen-bond donors (Lipinski definition) is 1. The van der Waals surface area contributed by atoms with E-state index in [9.17, 15) is 0 Å². The van der Waals surface area contributed by atoms with Crippen molar-refractivity contribution >= 4 is 0 Å². The first kappa shape index (κ1) is 9.91. The van der Waals surface area contributed by atoms with Crippen LogP contribution in [0.1, 0.15) is 18.4 Å². The molecule has 2 atom stereocenters. The predicted octanol–water partition coefficient (Wildman–Crippen LogP) is 2.46. The van der Waals surface area contributed by atoms with Crippen LogP contribution in [0.4, 0.5) is 0 Å². The first-order chi connectivity index (χ1) is 7.87. The second kappa shape index (κ2) is 3.63. The quantitative estimate of drug-likeness (QED) is 0.727. The molecular formula is C14H17NO. The van der Waals surface area contributed by atoms with E-state index in [4.69, 9.17) is 4.74 Å². The fourth-order valence-electron chi connectivity index (χ4n) is 3.03. The zero-order valence-electron chi connectivity index (χ0n) is 9.57. The Balaban J connectivity index is 2.15. The maximum absolute atomic E-state index is 5.85. The van der Waals surface area contributed by atoms with E-state index in [1.54, 1.807) is 0 Å². The maximum Gasteiger partial charge on any atom is 0.124 e. The molecule has 2 aliphatic rings. The van der Waals surface area contributed by atoms with E-state index < -0.39 is 0 Å². The number of rotatable bonds is 1. The number of allylic oxidation sites excluding steroid dienone is 1. The van der Waals surface area contributed by atoms with Gasteiger partial charge in [0.25, 0.3) is 0 Å². The molecule has 1 heterocycles. The third kappa shape index (κ3) is 1.23. The van der Waals surface area contributed by atoms with Gasteiger partial charge < -0.3 is 10.1 Å². The van der Waals surface area contributed by atoms with Crippen LogP contribution in [-0.2, 0) is 5.54 Å². The number of benzene rings is 1. The molecule has 1 aromatic carbocycles. The Morgan fingerprint density at radius 3 is 3.06 bits per heavy atom. The van der Waals surface area contributed by atoms with Gasteiger partial charge in [-0.3, -0.25) is 0 Å². The number of para-hydroxylation sites is 1. The second-order valence-corrected chi connectivity index (χ2v) is 4.64. The topological polar surface area (TPSA) is 21.3 Å². The molecule has 0 saturated carbocycles. The van der Waals surface area contributed by atoms with Crippen LogP contribution >= 0.6 is 0 Å². The minimum atomic E-state index is 0.0869. The molecule has 3 rings (SSSR count). The van der Waals surface area contributed by atoms with E-state index in [-0.39, 0.29) is 5.54 Å². The van der Waals surface area contributed by atoms with E-state index in [0.717, 1.165) is 25.2 Å². The molecular weight excluding hydrogens is 198 g/mol. The van der Waals surface area contributed by atoms with Gasteiger partial charge >= 0.3 is 0 Å². The summed E-state index contributed by atoms with van der Waals surface area (Å²) in [6, 6.07) is 8.41. The Bertz CT molecular complexity index is 426. The van der Waals surface area contributed by atoms with Crippen molar-refractivity contribution in [1.29, 1.82) is 0 Å². The average molecular weight is 215 g/mol. The first-order valence-electron chi connectivity index (χ1n) is 5.93. The minimum absolute atomic E-state index is 0.0869. The fraction of sp³-hybridized carbons (Fsp3) is 0.429. The van der Waals surface area contributed by atoms with E-state index in [1.807, 2.05) is 6.07 Å². The molecule has 1 aliphatic carbocycles. The standard InChI is InChI=1S/C14H17NO/c1-15-14-9-5-4-6-11(14)10-16-13-8-3-2-7-12(13)14/h2-5,7-8,11,15H,6,9-10H2,1H3/t11-,14+/m1/s1. The van der Waals surface area contributed by atoms with Crippen LogP contribution in [0.2, 0.25) is 0 Å². The highest BCUT2D eigenvalue weighted by Gasteiger charge is 2.44. The van der Waals surface area contributed by atoms with Crippen LogP contribution in [0.25, 0.3) is 0 Å². The van der Waals surface area contributed by atoms with Gasteiger partial charge in [-0.1, -0.05) is 30.4 Å². The van der Waals surface area contributed by atoms with Crippen molar-refractivity contribution in [2.45, 2.75) is 18.4 Å². The smallest absolute Gasteiger partial charge is 0.124 e. The van der Waals surface area contributed by atoms with Crippen molar-refractivity contribution < 1.29 is 4.74 Å². The van der Waals surface area contributed by atoms with Gasteiger partial charge in [-0.2, -0.15) is 0 Å². The summed E-state index contributed by atoms with van der Waals surface area (Å²) in [6.07, 6.45) is 6.73. The number of fused-ring (bicyclic) bond motifs is 3. The highest BCUT2D eigenvalue weighted by atomic mass is 16.5. The molecule has 84 valence electrons. The molecule has 0 spiro atoms. The van der Waals surface area contributed by atoms with E-state index in [0.29, 0.717) is 5.92 Å². The summed E-state index contributed by atoms with van der Waals surface area (Å²) in [4.78, 5) is 0. The summed E-state index contributed by atoms with van der Waals surface area (Å²) < 4.78 is 5.85. The Morgan fingerprint density at radius 2 is 2.19 bits per heavy atom. The Labute approximate surface area is 96.3 Å². The predicted molar refractivity (Wildman–Crippen MR) is 64.5 cm³/mol. The lowest BCUT2D eigenvalue weighted by molar-refractivity contribution is 0.104. The summed E-state index contributed by atoms with van der Waals surface area (Å²) in [6.45, 7) is 0.822. The summed E-state index contributed by atoms with van der Waals surface area (Å²) in [5.41, 5.74) is 1.40. The molecule has 0 unspecified atom stereocenters. The lowest BCUT2D eigenvalue weighted by atomic mass is 9.70. The zero-order chi connectivity index (χ0) is 11.0. The van der Waals surface area contributed by atoms with Gasteiger partial charge in [0.15, 0.2) is 0 Å². The van der Waals surface area contributed by atoms with Gasteiger partial charge in [0.2, 0.25) is 0 Å². The van der Waals surface area contributed by atoms with Crippen LogP contribution < -0.4 is 10.1 Å². The third-order valence-corrected chi connectivity index (χ3v) is 3.98. The summed E-state index contributed by atoms with van der Waals surface area (Å²) in [5.74, 6) is 1.60. The first-order valence-corrected chi connectivity index (χ1v) is 5.93. The number of ether oxygens (including phenoxy) is 1. The molecule has 2 nitrogen and oxygen atoms in total. The number of hydrogen-bond acceptors (Lipinski definition) is 2. The minimum Gasteiger partial charge on any atom is -0.493 e. The Kier molecular flexibility index (Phi) is 2.25. The molecule has 0 amide bonds. The zero-order valence-corrected chi connectivity index (χ0v) is 9.57. The molecule has 2 heteroatoms. The number of nitrogens with one attached hydrogen (secondary N) is 1. The SMILES string of the molecule is CN[C@@]12CC=CC[C@@H]1COc1ccccc12. The van der Waals surface area contributed by atoms with Gasteiger partial charge in [-0.15, -0.1) is 0 Å². The fourth-order valence-corrected chi connectivity index (χ4v) is 3.03. The summed E-state index contributed by atoms with van der Waals surface area (Å²) in [7, 11) is 2.06. The van der Waals surface area contributed by atoms with Crippen molar-refractivity contribution in [3.8, 4) is 5.75 Å². The van der Waals surface area contributed by atoms with Crippen molar-refractivity contribution in [2.75, 3.05) is 13.7 Å². The van der Waals surface area contributed by atoms with Crippen LogP contribution in [0.15, 0.2) is 36.4 Å². The van der Waals surface area contributed by atoms with Gasteiger partial charge in [0, 0.05) is 11.5 Å². The largest absolute Gasteiger partial charge is 0.493 e. The normalized spacial score (nSPS) is 31.4. The maximum atomic E-state index is 5.85. The Morgan fingerprint density at radius 1 is 1.31 bits per heavy atom. The van der Waals surface area contributed by atoms with E-state index in [2.05, 4.69) is 42.7 Å². The summed E-state index contributed by atoms with van der Waals surface area (Å²) >= 11 is 0. The van der Waals surface area contributed by atoms with Gasteiger partial charge in [0.05, 0.1) is 12.1 Å². The molecule has 0 bridgehead atoms. The average Bonchev–Trinajstić information content (AvgIpc) is 2.38. The highest BCUT2D eigenvalue weighted by molar-refractivity contribution is 5.43. The van der Waals surface area contributed by atoms with Crippen LogP contribution in [0, 0.1) is 5.92 Å². The molecule has 1 aromatic rings. The highest BCUT2D eigenvalue weighted by Crippen LogP contribution is 2.45. The van der Waals surface area contributed by atoms with Gasteiger partial charge in [-0.25, -0.2) is 0 Å². The lowest BCUT2D eigenvalue weighted by Crippen LogP contribution is -2.52. The molecule has 1 N–H and O–H groups in total. The third-order valence-electron chi connectivity index (χ3n) is 3.98. The molecule has 0 saturated heterocycles. The van der Waals surface area contributed by atoms with Crippen molar-refractivity contribution in [2.24, 2.45) is 5.92 Å². The van der Waals surface area contributed by atoms with Crippen molar-refractivity contribution in [1.82, 2.24) is 5.32 Å². The van der Waals surface area contributed by atoms with Crippen LogP contribution in [0.3, 0.4) is 0 Å². The van der Waals surface area contributed by atoms with Gasteiger partial charge in [0.1, 0.15) is 5.75 Å². The molecule has 16 heavy (non-hydrogen) atoms. The molecule has 1 aliphatic heterocycles. The second-order valence-electron chi connectivity index (χ2n) is 4.64. The van der Waals surface area contributed by atoms with E-state index in [1.165, 1.54) is 5.56 Å². The Hall–Kier alpha value is -1.28. The van der Waals surface area contributed by atoms with Crippen molar-refractivity contribution in [3.05, 3.63) is 42.0 Å². The van der Waals surface area contributed by atoms with Gasteiger partial charge in [-0.05, 0) is 26.0 Å².